The molecule has 4 aromatic rings. The molecule has 1 N–H and O–H groups in total. The summed E-state index contributed by atoms with van der Waals surface area (Å²) in [6.45, 7) is 12.9. The Hall–Kier alpha value is -4.14. The van der Waals surface area contributed by atoms with Crippen molar-refractivity contribution in [2.75, 3.05) is 6.61 Å². The Bertz CT molecular complexity index is 1550. The van der Waals surface area contributed by atoms with Crippen molar-refractivity contribution in [3.63, 3.8) is 0 Å². The third-order valence-electron chi connectivity index (χ3n) is 6.88. The zero-order chi connectivity index (χ0) is 28.8. The van der Waals surface area contributed by atoms with Crippen LogP contribution in [0.5, 0.6) is 5.75 Å². The van der Waals surface area contributed by atoms with Gasteiger partial charge in [-0.2, -0.15) is 13.2 Å². The van der Waals surface area contributed by atoms with Gasteiger partial charge >= 0.3 is 12.1 Å². The van der Waals surface area contributed by atoms with Gasteiger partial charge in [-0.05, 0) is 42.3 Å². The first kappa shape index (κ1) is 27.9. The minimum Gasteiger partial charge on any atom is -0.505 e. The number of hydrogen-bond donors (Lipinski definition) is 1. The highest BCUT2D eigenvalue weighted by atomic mass is 19.4. The first-order chi connectivity index (χ1) is 18.1. The predicted octanol–water partition coefficient (Wildman–Crippen LogP) is 6.87. The molecule has 0 amide bonds. The van der Waals surface area contributed by atoms with E-state index in [1.807, 2.05) is 64.1 Å². The molecular weight excluding hydrogens is 507 g/mol. The van der Waals surface area contributed by atoms with Crippen LogP contribution in [-0.2, 0) is 26.5 Å². The van der Waals surface area contributed by atoms with E-state index in [2.05, 4.69) is 16.8 Å². The number of aromatic nitrogens is 3. The van der Waals surface area contributed by atoms with Crippen molar-refractivity contribution in [3.8, 4) is 11.4 Å². The summed E-state index contributed by atoms with van der Waals surface area (Å²) in [5.41, 5.74) is 0.694. The van der Waals surface area contributed by atoms with Crippen LogP contribution >= 0.6 is 0 Å². The maximum atomic E-state index is 13.3. The maximum Gasteiger partial charge on any atom is 0.416 e. The van der Waals surface area contributed by atoms with E-state index in [1.165, 1.54) is 6.07 Å². The van der Waals surface area contributed by atoms with E-state index >= 15 is 0 Å². The largest absolute Gasteiger partial charge is 0.505 e. The Balaban J connectivity index is 1.91. The monoisotopic (exact) mass is 537 g/mol. The van der Waals surface area contributed by atoms with E-state index in [4.69, 9.17) is 4.74 Å². The van der Waals surface area contributed by atoms with Crippen molar-refractivity contribution in [2.45, 2.75) is 51.6 Å². The van der Waals surface area contributed by atoms with Gasteiger partial charge in [0.1, 0.15) is 29.1 Å². The van der Waals surface area contributed by atoms with Gasteiger partial charge in [0, 0.05) is 22.0 Å². The molecule has 0 bridgehead atoms. The number of benzene rings is 3. The molecule has 0 aliphatic carbocycles. The number of ether oxygens (including phenoxy) is 1. The summed E-state index contributed by atoms with van der Waals surface area (Å²) >= 11 is 0. The van der Waals surface area contributed by atoms with Gasteiger partial charge < -0.3 is 9.84 Å². The summed E-state index contributed by atoms with van der Waals surface area (Å²) in [7, 11) is 0. The molecule has 0 atom stereocenters. The van der Waals surface area contributed by atoms with Crippen molar-refractivity contribution in [3.05, 3.63) is 95.1 Å². The Morgan fingerprint density at radius 1 is 0.923 bits per heavy atom. The van der Waals surface area contributed by atoms with Crippen molar-refractivity contribution < 1.29 is 27.8 Å². The highest BCUT2D eigenvalue weighted by Gasteiger charge is 2.34. The molecule has 4 rings (SSSR count). The van der Waals surface area contributed by atoms with Gasteiger partial charge in [0.2, 0.25) is 0 Å². The van der Waals surface area contributed by atoms with Crippen LogP contribution in [0.25, 0.3) is 16.7 Å². The molecule has 0 spiro atoms. The summed E-state index contributed by atoms with van der Waals surface area (Å²) in [6, 6.07) is 16.2. The second kappa shape index (κ2) is 9.87. The summed E-state index contributed by atoms with van der Waals surface area (Å²) < 4.78 is 45.3. The minimum atomic E-state index is -4.53. The molecule has 9 heteroatoms. The molecule has 0 radical (unpaired) electrons. The Morgan fingerprint density at radius 2 is 1.56 bits per heavy atom. The molecule has 0 saturated carbocycles. The smallest absolute Gasteiger partial charge is 0.416 e. The van der Waals surface area contributed by atoms with Gasteiger partial charge in [0.25, 0.3) is 0 Å². The number of phenolic OH excluding ortho intramolecular Hbond substituents is 1. The molecule has 0 aliphatic heterocycles. The van der Waals surface area contributed by atoms with Gasteiger partial charge in [0.05, 0.1) is 5.56 Å². The molecule has 1 heterocycles. The second-order valence-electron chi connectivity index (χ2n) is 10.8. The van der Waals surface area contributed by atoms with Crippen LogP contribution in [0.2, 0.25) is 0 Å². The van der Waals surface area contributed by atoms with Gasteiger partial charge in [0.15, 0.2) is 0 Å². The van der Waals surface area contributed by atoms with Crippen LogP contribution in [0.1, 0.15) is 56.9 Å². The lowest BCUT2D eigenvalue weighted by Gasteiger charge is -2.31. The predicted molar refractivity (Wildman–Crippen MR) is 143 cm³/mol. The van der Waals surface area contributed by atoms with Crippen LogP contribution in [0.3, 0.4) is 0 Å². The average Bonchev–Trinajstić information content (AvgIpc) is 3.30. The van der Waals surface area contributed by atoms with Crippen LogP contribution in [0.4, 0.5) is 13.2 Å². The number of carbonyl (C=O) groups is 1. The van der Waals surface area contributed by atoms with E-state index < -0.39 is 28.5 Å². The Morgan fingerprint density at radius 3 is 2.18 bits per heavy atom. The SMILES string of the molecule is C=C(C)C(=O)OCC(C)(C)c1cc(-n2nc3ccc(C(F)(F)F)cc3n2)c(O)c(C(C)(C)c2ccccc2)c1. The van der Waals surface area contributed by atoms with Gasteiger partial charge in [-0.1, -0.05) is 70.7 Å². The molecule has 1 aromatic heterocycles. The topological polar surface area (TPSA) is 77.2 Å². The van der Waals surface area contributed by atoms with Crippen LogP contribution in [0.15, 0.2) is 72.8 Å². The number of fused-ring (bicyclic) bond motifs is 1. The second-order valence-corrected chi connectivity index (χ2v) is 10.8. The quantitative estimate of drug-likeness (QED) is 0.206. The van der Waals surface area contributed by atoms with E-state index in [0.29, 0.717) is 11.1 Å². The molecular formula is C30H30F3N3O3. The number of carbonyl (C=O) groups excluding carboxylic acids is 1. The zero-order valence-electron chi connectivity index (χ0n) is 22.4. The lowest BCUT2D eigenvalue weighted by Crippen LogP contribution is -2.28. The first-order valence-electron chi connectivity index (χ1n) is 12.3. The first-order valence-corrected chi connectivity index (χ1v) is 12.3. The minimum absolute atomic E-state index is 0.0254. The summed E-state index contributed by atoms with van der Waals surface area (Å²) in [5.74, 6) is -0.633. The molecule has 0 aliphatic rings. The lowest BCUT2D eigenvalue weighted by atomic mass is 9.74. The zero-order valence-corrected chi connectivity index (χ0v) is 22.4. The molecule has 0 fully saturated rings. The van der Waals surface area contributed by atoms with Crippen molar-refractivity contribution in [1.82, 2.24) is 15.0 Å². The van der Waals surface area contributed by atoms with Crippen LogP contribution < -0.4 is 0 Å². The Labute approximate surface area is 224 Å². The summed E-state index contributed by atoms with van der Waals surface area (Å²) in [6.07, 6.45) is -4.53. The fourth-order valence-electron chi connectivity index (χ4n) is 4.30. The lowest BCUT2D eigenvalue weighted by molar-refractivity contribution is -0.140. The van der Waals surface area contributed by atoms with Gasteiger partial charge in [-0.15, -0.1) is 15.0 Å². The average molecular weight is 538 g/mol. The van der Waals surface area contributed by atoms with Gasteiger partial charge in [-0.3, -0.25) is 0 Å². The normalized spacial score (nSPS) is 12.5. The summed E-state index contributed by atoms with van der Waals surface area (Å²) in [5, 5.41) is 20.2. The number of aromatic hydroxyl groups is 1. The molecule has 3 aromatic carbocycles. The number of nitrogens with zero attached hydrogens (tertiary/aromatic N) is 3. The number of hydrogen-bond acceptors (Lipinski definition) is 5. The number of phenols is 1. The van der Waals surface area contributed by atoms with E-state index in [9.17, 15) is 23.1 Å². The molecule has 0 unspecified atom stereocenters. The highest BCUT2D eigenvalue weighted by Crippen LogP contribution is 2.42. The van der Waals surface area contributed by atoms with Crippen LogP contribution in [-0.4, -0.2) is 32.7 Å². The molecule has 6 nitrogen and oxygen atoms in total. The van der Waals surface area contributed by atoms with Crippen molar-refractivity contribution >= 4 is 17.0 Å². The van der Waals surface area contributed by atoms with Crippen LogP contribution in [0, 0.1) is 0 Å². The molecule has 39 heavy (non-hydrogen) atoms. The fraction of sp³-hybridized carbons (Fsp3) is 0.300. The molecule has 0 saturated heterocycles. The number of alkyl halides is 3. The fourth-order valence-corrected chi connectivity index (χ4v) is 4.30. The maximum absolute atomic E-state index is 13.3. The van der Waals surface area contributed by atoms with Gasteiger partial charge in [-0.25, -0.2) is 4.79 Å². The number of rotatable bonds is 7. The molecule has 204 valence electrons. The standard InChI is InChI=1S/C30H30F3N3O3/c1-18(2)27(38)39-17-28(3,4)21-14-22(29(5,6)19-10-8-7-9-11-19)26(37)25(16-21)36-34-23-13-12-20(30(31,32)33)15-24(23)35-36/h7-16,37H,1,17H2,2-6H3. The van der Waals surface area contributed by atoms with E-state index in [-0.39, 0.29) is 34.7 Å². The summed E-state index contributed by atoms with van der Waals surface area (Å²) in [4.78, 5) is 13.2. The Kier molecular flexibility index (Phi) is 7.06. The van der Waals surface area contributed by atoms with E-state index in [0.717, 1.165) is 22.5 Å². The number of esters is 1. The van der Waals surface area contributed by atoms with Crippen molar-refractivity contribution in [1.29, 1.82) is 0 Å². The highest BCUT2D eigenvalue weighted by molar-refractivity contribution is 5.87. The third kappa shape index (κ3) is 5.53. The van der Waals surface area contributed by atoms with E-state index in [1.54, 1.807) is 13.0 Å². The van der Waals surface area contributed by atoms with Crippen molar-refractivity contribution in [2.24, 2.45) is 0 Å². The third-order valence-corrected chi connectivity index (χ3v) is 6.88. The number of halogens is 3.